The number of carbonyl (C=O) groups excluding carboxylic acids is 1. The molecule has 0 fully saturated rings. The Morgan fingerprint density at radius 2 is 1.67 bits per heavy atom. The Bertz CT molecular complexity index is 1100. The lowest BCUT2D eigenvalue weighted by molar-refractivity contribution is 0.0242. The molecule has 0 bridgehead atoms. The second kappa shape index (κ2) is 11.5. The van der Waals surface area contributed by atoms with Gasteiger partial charge < -0.3 is 8.92 Å². The summed E-state index contributed by atoms with van der Waals surface area (Å²) in [7, 11) is -1.42. The maximum absolute atomic E-state index is 14.6. The SMILES string of the molecule is CC(C)(C)OC(=O)N1CC(c2cc(F)ccc2F)=CC1c1cccc(OS(C)(C)C(C)(C)C)c1.CS. The predicted octanol–water partition coefficient (Wildman–Crippen LogP) is 8.04. The fraction of sp³-hybridized carbons (Fsp3) is 0.464. The van der Waals surface area contributed by atoms with Gasteiger partial charge in [-0.15, -0.1) is 0 Å². The molecule has 1 atom stereocenters. The van der Waals surface area contributed by atoms with E-state index >= 15 is 0 Å². The Morgan fingerprint density at radius 3 is 2.25 bits per heavy atom. The zero-order valence-electron chi connectivity index (χ0n) is 22.7. The molecule has 0 spiro atoms. The molecule has 8 heteroatoms. The first kappa shape index (κ1) is 30.0. The molecule has 2 aromatic carbocycles. The van der Waals surface area contributed by atoms with Crippen molar-refractivity contribution in [1.82, 2.24) is 4.90 Å². The molecular weight excluding hydrogens is 500 g/mol. The molecule has 3 rings (SSSR count). The molecule has 4 nitrogen and oxygen atoms in total. The van der Waals surface area contributed by atoms with Gasteiger partial charge >= 0.3 is 6.09 Å². The van der Waals surface area contributed by atoms with Crippen molar-refractivity contribution in [3.8, 4) is 5.75 Å². The Hall–Kier alpha value is -2.19. The van der Waals surface area contributed by atoms with Gasteiger partial charge in [0.15, 0.2) is 0 Å². The van der Waals surface area contributed by atoms with E-state index in [1.54, 1.807) is 33.1 Å². The standard InChI is InChI=1S/C27H35F2NO3S.CH4S/c1-26(2,3)32-25(31)30-17-19(22-16-20(28)12-13-23(22)29)15-24(30)18-10-9-11-21(14-18)33-34(7,8)27(4,5)6;1-2/h9-16,24H,17H2,1-8H3;2H,1H3. The maximum Gasteiger partial charge on any atom is 0.411 e. The molecule has 1 aliphatic rings. The Morgan fingerprint density at radius 1 is 1.03 bits per heavy atom. The average molecular weight is 540 g/mol. The number of halogens is 2. The normalized spacial score (nSPS) is 16.6. The van der Waals surface area contributed by atoms with E-state index in [1.165, 1.54) is 4.90 Å². The highest BCUT2D eigenvalue weighted by molar-refractivity contribution is 8.30. The van der Waals surface area contributed by atoms with E-state index in [4.69, 9.17) is 8.92 Å². The topological polar surface area (TPSA) is 38.8 Å². The number of thiol groups is 1. The predicted molar refractivity (Wildman–Crippen MR) is 151 cm³/mol. The second-order valence-electron chi connectivity index (χ2n) is 10.9. The lowest BCUT2D eigenvalue weighted by atomic mass is 10.0. The summed E-state index contributed by atoms with van der Waals surface area (Å²) in [6.07, 6.45) is 7.20. The van der Waals surface area contributed by atoms with Gasteiger partial charge in [-0.1, -0.05) is 28.5 Å². The zero-order valence-corrected chi connectivity index (χ0v) is 24.4. The van der Waals surface area contributed by atoms with Gasteiger partial charge in [-0.25, -0.2) is 13.6 Å². The Labute approximate surface area is 222 Å². The summed E-state index contributed by atoms with van der Waals surface area (Å²) in [4.78, 5) is 14.6. The van der Waals surface area contributed by atoms with Crippen molar-refractivity contribution in [3.05, 3.63) is 71.3 Å². The van der Waals surface area contributed by atoms with Crippen LogP contribution >= 0.6 is 22.9 Å². The molecule has 0 radical (unpaired) electrons. The summed E-state index contributed by atoms with van der Waals surface area (Å²) < 4.78 is 40.5. The summed E-state index contributed by atoms with van der Waals surface area (Å²) in [6, 6.07) is 10.4. The molecule has 0 saturated carbocycles. The van der Waals surface area contributed by atoms with Crippen LogP contribution in [0.5, 0.6) is 5.75 Å². The molecule has 0 aromatic heterocycles. The Balaban J connectivity index is 0.00000222. The lowest BCUT2D eigenvalue weighted by Crippen LogP contribution is -2.37. The van der Waals surface area contributed by atoms with E-state index in [1.807, 2.05) is 24.3 Å². The van der Waals surface area contributed by atoms with Gasteiger partial charge in [0.25, 0.3) is 0 Å². The van der Waals surface area contributed by atoms with Gasteiger partial charge in [0.05, 0.1) is 12.6 Å². The van der Waals surface area contributed by atoms with Gasteiger partial charge in [-0.2, -0.15) is 12.6 Å². The summed E-state index contributed by atoms with van der Waals surface area (Å²) >= 11 is 3.53. The molecule has 200 valence electrons. The van der Waals surface area contributed by atoms with Gasteiger partial charge in [0.2, 0.25) is 0 Å². The summed E-state index contributed by atoms with van der Waals surface area (Å²) in [5.41, 5.74) is 0.778. The number of benzene rings is 2. The first-order valence-corrected chi connectivity index (χ1v) is 15.0. The monoisotopic (exact) mass is 539 g/mol. The molecule has 0 saturated heterocycles. The zero-order chi connectivity index (χ0) is 27.5. The van der Waals surface area contributed by atoms with E-state index in [-0.39, 0.29) is 16.9 Å². The molecular formula is C28H39F2NO3S2. The number of ether oxygens (including phenoxy) is 1. The van der Waals surface area contributed by atoms with Crippen LogP contribution in [0.4, 0.5) is 13.6 Å². The van der Waals surface area contributed by atoms with Crippen LogP contribution < -0.4 is 4.18 Å². The number of rotatable bonds is 4. The van der Waals surface area contributed by atoms with Crippen molar-refractivity contribution in [2.45, 2.75) is 57.9 Å². The van der Waals surface area contributed by atoms with E-state index < -0.39 is 39.7 Å². The van der Waals surface area contributed by atoms with Gasteiger partial charge in [0, 0.05) is 10.3 Å². The highest BCUT2D eigenvalue weighted by Crippen LogP contribution is 2.53. The van der Waals surface area contributed by atoms with Crippen LogP contribution in [-0.4, -0.2) is 46.7 Å². The van der Waals surface area contributed by atoms with Gasteiger partial charge in [-0.3, -0.25) is 4.90 Å². The van der Waals surface area contributed by atoms with Crippen molar-refractivity contribution in [2.24, 2.45) is 0 Å². The van der Waals surface area contributed by atoms with Crippen LogP contribution in [0, 0.1) is 11.6 Å². The molecule has 0 aliphatic carbocycles. The average Bonchev–Trinajstić information content (AvgIpc) is 3.20. The van der Waals surface area contributed by atoms with Crippen LogP contribution in [0.1, 0.15) is 58.7 Å². The highest BCUT2D eigenvalue weighted by Gasteiger charge is 2.35. The van der Waals surface area contributed by atoms with Crippen LogP contribution in [0.2, 0.25) is 0 Å². The summed E-state index contributed by atoms with van der Waals surface area (Å²) in [5.74, 6) is -0.368. The molecule has 1 aliphatic heterocycles. The summed E-state index contributed by atoms with van der Waals surface area (Å²) in [6.45, 7) is 11.9. The van der Waals surface area contributed by atoms with E-state index in [9.17, 15) is 13.6 Å². The first-order chi connectivity index (χ1) is 16.6. The quantitative estimate of drug-likeness (QED) is 0.400. The fourth-order valence-corrected chi connectivity index (χ4v) is 4.26. The van der Waals surface area contributed by atoms with Crippen molar-refractivity contribution in [1.29, 1.82) is 0 Å². The number of hydrogen-bond donors (Lipinski definition) is 1. The van der Waals surface area contributed by atoms with Crippen molar-refractivity contribution < 1.29 is 22.5 Å². The van der Waals surface area contributed by atoms with Crippen LogP contribution in [-0.2, 0) is 4.74 Å². The van der Waals surface area contributed by atoms with Gasteiger partial charge in [-0.05, 0) is 102 Å². The van der Waals surface area contributed by atoms with Crippen molar-refractivity contribution in [2.75, 3.05) is 25.3 Å². The third kappa shape index (κ3) is 7.42. The van der Waals surface area contributed by atoms with Crippen LogP contribution in [0.25, 0.3) is 5.57 Å². The number of nitrogens with zero attached hydrogens (tertiary/aromatic N) is 1. The summed E-state index contributed by atoms with van der Waals surface area (Å²) in [5, 5.41) is 0. The van der Waals surface area contributed by atoms with E-state index in [0.717, 1.165) is 23.8 Å². The fourth-order valence-electron chi connectivity index (χ4n) is 3.42. The molecule has 1 unspecified atom stereocenters. The van der Waals surface area contributed by atoms with E-state index in [0.29, 0.717) is 11.3 Å². The second-order valence-corrected chi connectivity index (χ2v) is 14.7. The number of carbonyl (C=O) groups is 1. The van der Waals surface area contributed by atoms with Crippen molar-refractivity contribution >= 4 is 34.6 Å². The number of amides is 1. The van der Waals surface area contributed by atoms with Gasteiger partial charge in [0.1, 0.15) is 23.0 Å². The van der Waals surface area contributed by atoms with Crippen LogP contribution in [0.15, 0.2) is 48.5 Å². The van der Waals surface area contributed by atoms with Crippen molar-refractivity contribution in [3.63, 3.8) is 0 Å². The third-order valence-corrected chi connectivity index (χ3v) is 9.48. The maximum atomic E-state index is 14.6. The van der Waals surface area contributed by atoms with Crippen LogP contribution in [0.3, 0.4) is 0 Å². The smallest absolute Gasteiger partial charge is 0.411 e. The molecule has 1 heterocycles. The first-order valence-electron chi connectivity index (χ1n) is 11.7. The molecule has 0 N–H and O–H groups in total. The molecule has 1 amide bonds. The molecule has 2 aromatic rings. The minimum atomic E-state index is -1.42. The highest BCUT2D eigenvalue weighted by atomic mass is 32.3. The Kier molecular flexibility index (Phi) is 9.57. The number of hydrogen-bond acceptors (Lipinski definition) is 4. The largest absolute Gasteiger partial charge is 0.449 e. The minimum absolute atomic E-state index is 0.0269. The third-order valence-electron chi connectivity index (χ3n) is 5.92. The van der Waals surface area contributed by atoms with E-state index in [2.05, 4.69) is 45.9 Å². The lowest BCUT2D eigenvalue weighted by Gasteiger charge is -2.43. The minimum Gasteiger partial charge on any atom is -0.449 e. The molecule has 36 heavy (non-hydrogen) atoms.